The molecule has 0 spiro atoms. The lowest BCUT2D eigenvalue weighted by atomic mass is 10.2. The van der Waals surface area contributed by atoms with Crippen molar-refractivity contribution in [3.05, 3.63) is 71.6 Å². The molecule has 0 bridgehead atoms. The van der Waals surface area contributed by atoms with E-state index in [2.05, 4.69) is 9.73 Å². The molecule has 0 aliphatic carbocycles. The third kappa shape index (κ3) is 5.53. The molecule has 0 radical (unpaired) electrons. The van der Waals surface area contributed by atoms with Gasteiger partial charge in [0.2, 0.25) is 5.78 Å². The topological polar surface area (TPSA) is 131 Å². The number of methoxy groups -OCH3 is 1. The summed E-state index contributed by atoms with van der Waals surface area (Å²) in [5.41, 5.74) is 7.41. The van der Waals surface area contributed by atoms with E-state index in [4.69, 9.17) is 11.1 Å². The van der Waals surface area contributed by atoms with Gasteiger partial charge in [-0.25, -0.2) is 9.79 Å². The van der Waals surface area contributed by atoms with E-state index in [1.165, 1.54) is 13.2 Å². The number of rotatable bonds is 8. The highest BCUT2D eigenvalue weighted by Gasteiger charge is 2.11. The molecule has 0 amide bonds. The fraction of sp³-hybridized carbons (Fsp3) is 0.100. The van der Waals surface area contributed by atoms with Crippen molar-refractivity contribution in [1.29, 1.82) is 5.41 Å². The van der Waals surface area contributed by atoms with Crippen molar-refractivity contribution in [2.24, 2.45) is 10.7 Å². The van der Waals surface area contributed by atoms with E-state index in [0.717, 1.165) is 11.6 Å². The Morgan fingerprint density at radius 2 is 2.04 bits per heavy atom. The summed E-state index contributed by atoms with van der Waals surface area (Å²) in [5.74, 6) is -1.95. The largest absolute Gasteiger partial charge is 0.507 e. The van der Waals surface area contributed by atoms with Crippen molar-refractivity contribution in [2.45, 2.75) is 6.54 Å². The highest BCUT2D eigenvalue weighted by Crippen LogP contribution is 2.19. The van der Waals surface area contributed by atoms with Gasteiger partial charge in [-0.1, -0.05) is 30.3 Å². The second kappa shape index (κ2) is 9.67. The number of aromatic nitrogens is 1. The molecule has 2 rings (SSSR count). The predicted molar refractivity (Wildman–Crippen MR) is 107 cm³/mol. The van der Waals surface area contributed by atoms with Crippen LogP contribution in [0.5, 0.6) is 0 Å². The van der Waals surface area contributed by atoms with Crippen LogP contribution in [0, 0.1) is 5.41 Å². The Morgan fingerprint density at radius 3 is 2.68 bits per heavy atom. The van der Waals surface area contributed by atoms with Gasteiger partial charge in [0.15, 0.2) is 5.84 Å². The van der Waals surface area contributed by atoms with Gasteiger partial charge in [0.1, 0.15) is 12.1 Å². The molecule has 0 fully saturated rings. The molecule has 0 saturated heterocycles. The van der Waals surface area contributed by atoms with E-state index >= 15 is 0 Å². The number of hydrogen-bond acceptors (Lipinski definition) is 5. The highest BCUT2D eigenvalue weighted by molar-refractivity contribution is 6.44. The molecule has 0 aliphatic rings. The summed E-state index contributed by atoms with van der Waals surface area (Å²) >= 11 is 0. The second-order valence-corrected chi connectivity index (χ2v) is 5.66. The van der Waals surface area contributed by atoms with E-state index < -0.39 is 17.6 Å². The number of carbonyl (C=O) groups excluding carboxylic acids is 2. The number of carbonyl (C=O) groups is 2. The van der Waals surface area contributed by atoms with Gasteiger partial charge in [-0.15, -0.1) is 0 Å². The minimum atomic E-state index is -0.719. The van der Waals surface area contributed by atoms with Crippen LogP contribution in [-0.4, -0.2) is 40.7 Å². The maximum atomic E-state index is 11.9. The van der Waals surface area contributed by atoms with Crippen LogP contribution in [0.4, 0.5) is 0 Å². The molecular formula is C20H20N4O4. The molecule has 1 aromatic heterocycles. The average Bonchev–Trinajstić information content (AvgIpc) is 3.09. The van der Waals surface area contributed by atoms with E-state index in [-0.39, 0.29) is 5.76 Å². The number of nitrogens with zero attached hydrogens (tertiary/aromatic N) is 2. The molecule has 28 heavy (non-hydrogen) atoms. The van der Waals surface area contributed by atoms with Crippen LogP contribution in [0.25, 0.3) is 11.8 Å². The van der Waals surface area contributed by atoms with Crippen molar-refractivity contribution in [3.8, 4) is 0 Å². The van der Waals surface area contributed by atoms with Gasteiger partial charge < -0.3 is 20.1 Å². The molecule has 2 aromatic rings. The lowest BCUT2D eigenvalue weighted by Crippen LogP contribution is -2.22. The van der Waals surface area contributed by atoms with Crippen molar-refractivity contribution in [2.75, 3.05) is 7.11 Å². The maximum absolute atomic E-state index is 11.9. The number of ketones is 1. The first kappa shape index (κ1) is 20.4. The molecule has 0 aliphatic heterocycles. The fourth-order valence-corrected chi connectivity index (χ4v) is 2.36. The number of hydrogen-bond donors (Lipinski definition) is 3. The Labute approximate surface area is 161 Å². The van der Waals surface area contributed by atoms with E-state index in [1.807, 2.05) is 34.9 Å². The van der Waals surface area contributed by atoms with Crippen molar-refractivity contribution >= 4 is 35.8 Å². The molecule has 8 heteroatoms. The van der Waals surface area contributed by atoms with Gasteiger partial charge in [0, 0.05) is 36.2 Å². The SMILES string of the molecule is COC(=O)/C=C/c1cc(C(O)=CC(=O)C(N)=NC=N)cn1Cc1ccccc1. The summed E-state index contributed by atoms with van der Waals surface area (Å²) in [6, 6.07) is 11.2. The number of aliphatic hydroxyl groups excluding tert-OH is 1. The summed E-state index contributed by atoms with van der Waals surface area (Å²) in [7, 11) is 1.28. The normalized spacial score (nSPS) is 12.2. The van der Waals surface area contributed by atoms with E-state index in [1.54, 1.807) is 18.3 Å². The van der Waals surface area contributed by atoms with Gasteiger partial charge in [-0.3, -0.25) is 10.2 Å². The molecule has 144 valence electrons. The lowest BCUT2D eigenvalue weighted by molar-refractivity contribution is -0.134. The Morgan fingerprint density at radius 1 is 1.32 bits per heavy atom. The first-order valence-corrected chi connectivity index (χ1v) is 8.22. The van der Waals surface area contributed by atoms with Crippen LogP contribution >= 0.6 is 0 Å². The quantitative estimate of drug-likeness (QED) is 0.212. The summed E-state index contributed by atoms with van der Waals surface area (Å²) in [6.45, 7) is 0.486. The third-order valence-corrected chi connectivity index (χ3v) is 3.74. The summed E-state index contributed by atoms with van der Waals surface area (Å²) in [6.07, 6.45) is 6.04. The molecule has 0 unspecified atom stereocenters. The van der Waals surface area contributed by atoms with Gasteiger partial charge >= 0.3 is 5.97 Å². The van der Waals surface area contributed by atoms with Gasteiger partial charge in [0.05, 0.1) is 7.11 Å². The Balaban J connectivity index is 2.38. The first-order chi connectivity index (χ1) is 13.4. The van der Waals surface area contributed by atoms with Crippen LogP contribution in [0.2, 0.25) is 0 Å². The van der Waals surface area contributed by atoms with Crippen LogP contribution in [0.15, 0.2) is 59.7 Å². The summed E-state index contributed by atoms with van der Waals surface area (Å²) < 4.78 is 6.41. The van der Waals surface area contributed by atoms with Crippen molar-refractivity contribution < 1.29 is 19.4 Å². The fourth-order valence-electron chi connectivity index (χ4n) is 2.36. The number of esters is 1. The van der Waals surface area contributed by atoms with Crippen LogP contribution in [0.3, 0.4) is 0 Å². The van der Waals surface area contributed by atoms with Crippen LogP contribution in [0.1, 0.15) is 16.8 Å². The first-order valence-electron chi connectivity index (χ1n) is 8.22. The van der Waals surface area contributed by atoms with Crippen LogP contribution < -0.4 is 5.73 Å². The zero-order chi connectivity index (χ0) is 20.5. The Kier molecular flexibility index (Phi) is 7.04. The number of nitrogens with two attached hydrogens (primary N) is 1. The third-order valence-electron chi connectivity index (χ3n) is 3.74. The Bertz CT molecular complexity index is 956. The minimum Gasteiger partial charge on any atom is -0.507 e. The molecule has 0 atom stereocenters. The van der Waals surface area contributed by atoms with Crippen molar-refractivity contribution in [1.82, 2.24) is 4.57 Å². The summed E-state index contributed by atoms with van der Waals surface area (Å²) in [4.78, 5) is 26.7. The zero-order valence-corrected chi connectivity index (χ0v) is 15.2. The molecule has 1 heterocycles. The van der Waals surface area contributed by atoms with Crippen LogP contribution in [-0.2, 0) is 20.9 Å². The predicted octanol–water partition coefficient (Wildman–Crippen LogP) is 2.15. The van der Waals surface area contributed by atoms with E-state index in [0.29, 0.717) is 24.1 Å². The monoisotopic (exact) mass is 380 g/mol. The molecule has 4 N–H and O–H groups in total. The zero-order valence-electron chi connectivity index (χ0n) is 15.2. The van der Waals surface area contributed by atoms with Crippen molar-refractivity contribution in [3.63, 3.8) is 0 Å². The number of aliphatic hydroxyl groups is 1. The lowest BCUT2D eigenvalue weighted by Gasteiger charge is -2.06. The van der Waals surface area contributed by atoms with E-state index in [9.17, 15) is 14.7 Å². The number of aliphatic imine (C=N–C) groups is 1. The average molecular weight is 380 g/mol. The van der Waals surface area contributed by atoms with Gasteiger partial charge in [-0.2, -0.15) is 0 Å². The second-order valence-electron chi connectivity index (χ2n) is 5.66. The van der Waals surface area contributed by atoms with Gasteiger partial charge in [0.25, 0.3) is 0 Å². The number of nitrogens with one attached hydrogen (secondary N) is 1. The number of ether oxygens (including phenoxy) is 1. The smallest absolute Gasteiger partial charge is 0.330 e. The molecule has 8 nitrogen and oxygen atoms in total. The molecule has 1 aromatic carbocycles. The molecular weight excluding hydrogens is 360 g/mol. The summed E-state index contributed by atoms with van der Waals surface area (Å²) in [5, 5.41) is 17.1. The highest BCUT2D eigenvalue weighted by atomic mass is 16.5. The maximum Gasteiger partial charge on any atom is 0.330 e. The number of amidine groups is 1. The number of benzene rings is 1. The standard InChI is InChI=1S/C20H20N4O4/c1-28-19(27)8-7-16-9-15(17(25)10-18(26)20(22)23-13-21)12-24(16)11-14-5-3-2-4-6-14/h2-10,12-13,25H,11H2,1H3,(H3,21,22,23)/b8-7+,17-10?. The van der Waals surface area contributed by atoms with Gasteiger partial charge in [-0.05, 0) is 17.7 Å². The minimum absolute atomic E-state index is 0.312. The molecule has 0 saturated carbocycles. The Hall–Kier alpha value is -3.94.